The molecule has 2 N–H and O–H groups in total. The molecule has 0 saturated carbocycles. The number of aliphatic hydroxyl groups excluding tert-OH is 1. The van der Waals surface area contributed by atoms with Crippen molar-refractivity contribution >= 4 is 0 Å². The van der Waals surface area contributed by atoms with Gasteiger partial charge in [-0.3, -0.25) is 4.98 Å². The fourth-order valence-electron chi connectivity index (χ4n) is 2.41. The summed E-state index contributed by atoms with van der Waals surface area (Å²) in [6.07, 6.45) is 5.86. The van der Waals surface area contributed by atoms with Crippen LogP contribution in [0.3, 0.4) is 0 Å². The normalized spacial score (nSPS) is 19.9. The van der Waals surface area contributed by atoms with E-state index >= 15 is 0 Å². The van der Waals surface area contributed by atoms with Crippen molar-refractivity contribution in [3.05, 3.63) is 30.1 Å². The van der Waals surface area contributed by atoms with Gasteiger partial charge in [-0.1, -0.05) is 0 Å². The van der Waals surface area contributed by atoms with Gasteiger partial charge >= 0.3 is 0 Å². The smallest absolute Gasteiger partial charge is 0.0791 e. The third kappa shape index (κ3) is 4.05. The second-order valence-corrected chi connectivity index (χ2v) is 5.07. The largest absolute Gasteiger partial charge is 0.390 e. The number of nitrogens with one attached hydrogen (secondary N) is 1. The summed E-state index contributed by atoms with van der Waals surface area (Å²) >= 11 is 0. The number of β-amino-alcohol motifs (C(OH)–C–C–N with tert-alkyl or cyclic N) is 1. The second kappa shape index (κ2) is 6.83. The van der Waals surface area contributed by atoms with Gasteiger partial charge in [0.1, 0.15) is 0 Å². The monoisotopic (exact) mass is 249 g/mol. The summed E-state index contributed by atoms with van der Waals surface area (Å²) in [4.78, 5) is 6.34. The van der Waals surface area contributed by atoms with Crippen LogP contribution in [0.5, 0.6) is 0 Å². The first kappa shape index (κ1) is 13.5. The highest BCUT2D eigenvalue weighted by Gasteiger charge is 2.16. The predicted molar refractivity (Wildman–Crippen MR) is 72.3 cm³/mol. The summed E-state index contributed by atoms with van der Waals surface area (Å²) in [6, 6.07) is 4.26. The predicted octanol–water partition coefficient (Wildman–Crippen LogP) is 1.19. The van der Waals surface area contributed by atoms with E-state index in [1.165, 1.54) is 18.4 Å². The van der Waals surface area contributed by atoms with Gasteiger partial charge in [-0.25, -0.2) is 0 Å². The minimum absolute atomic E-state index is 0.251. The summed E-state index contributed by atoms with van der Waals surface area (Å²) in [5, 5.41) is 13.4. The third-order valence-corrected chi connectivity index (χ3v) is 3.53. The Balaban J connectivity index is 1.70. The molecule has 0 aliphatic carbocycles. The number of aliphatic hydroxyl groups is 1. The number of aromatic nitrogens is 1. The Morgan fingerprint density at radius 2 is 2.00 bits per heavy atom. The maximum absolute atomic E-state index is 9.99. The van der Waals surface area contributed by atoms with Crippen LogP contribution in [0.2, 0.25) is 0 Å². The van der Waals surface area contributed by atoms with Crippen LogP contribution in [0.25, 0.3) is 0 Å². The Morgan fingerprint density at radius 3 is 2.67 bits per heavy atom. The standard InChI is InChI=1S/C14H23N3O/c1-12(13-4-6-15-7-5-13)16-10-14(18)11-17-8-2-3-9-17/h4-7,12,14,16,18H,2-3,8-11H2,1H3/t12-,14?/m1/s1. The number of pyridine rings is 1. The van der Waals surface area contributed by atoms with E-state index in [9.17, 15) is 5.11 Å². The van der Waals surface area contributed by atoms with Crippen molar-refractivity contribution in [2.75, 3.05) is 26.2 Å². The summed E-state index contributed by atoms with van der Waals surface area (Å²) in [5.74, 6) is 0. The molecule has 0 aromatic carbocycles. The maximum Gasteiger partial charge on any atom is 0.0791 e. The molecule has 1 fully saturated rings. The molecule has 18 heavy (non-hydrogen) atoms. The lowest BCUT2D eigenvalue weighted by Gasteiger charge is -2.21. The molecule has 1 aliphatic heterocycles. The summed E-state index contributed by atoms with van der Waals surface area (Å²) in [6.45, 7) is 5.81. The van der Waals surface area contributed by atoms with E-state index in [1.807, 2.05) is 12.1 Å². The molecule has 1 aromatic rings. The van der Waals surface area contributed by atoms with E-state index in [-0.39, 0.29) is 12.1 Å². The Hall–Kier alpha value is -0.970. The van der Waals surface area contributed by atoms with Gasteiger partial charge in [0, 0.05) is 31.5 Å². The molecule has 0 radical (unpaired) electrons. The minimum Gasteiger partial charge on any atom is -0.390 e. The van der Waals surface area contributed by atoms with E-state index in [0.29, 0.717) is 6.54 Å². The van der Waals surface area contributed by atoms with Gasteiger partial charge in [-0.2, -0.15) is 0 Å². The van der Waals surface area contributed by atoms with E-state index in [2.05, 4.69) is 22.1 Å². The third-order valence-electron chi connectivity index (χ3n) is 3.53. The van der Waals surface area contributed by atoms with Gasteiger partial charge in [-0.15, -0.1) is 0 Å². The Bertz CT molecular complexity index is 338. The SMILES string of the molecule is C[C@@H](NCC(O)CN1CCCC1)c1ccncc1. The van der Waals surface area contributed by atoms with Crippen molar-refractivity contribution in [1.29, 1.82) is 0 Å². The van der Waals surface area contributed by atoms with Gasteiger partial charge < -0.3 is 15.3 Å². The first-order valence-electron chi connectivity index (χ1n) is 6.79. The highest BCUT2D eigenvalue weighted by molar-refractivity contribution is 5.13. The average Bonchev–Trinajstić information content (AvgIpc) is 2.90. The van der Waals surface area contributed by atoms with Crippen LogP contribution in [0, 0.1) is 0 Å². The van der Waals surface area contributed by atoms with Crippen molar-refractivity contribution in [2.45, 2.75) is 31.9 Å². The summed E-state index contributed by atoms with van der Waals surface area (Å²) < 4.78 is 0. The maximum atomic E-state index is 9.99. The zero-order valence-electron chi connectivity index (χ0n) is 11.0. The molecule has 0 amide bonds. The van der Waals surface area contributed by atoms with E-state index in [4.69, 9.17) is 0 Å². The van der Waals surface area contributed by atoms with Crippen LogP contribution in [0.4, 0.5) is 0 Å². The van der Waals surface area contributed by atoms with E-state index < -0.39 is 0 Å². The van der Waals surface area contributed by atoms with Crippen LogP contribution in [0.15, 0.2) is 24.5 Å². The van der Waals surface area contributed by atoms with Gasteiger partial charge in [0.2, 0.25) is 0 Å². The fourth-order valence-corrected chi connectivity index (χ4v) is 2.41. The summed E-state index contributed by atoms with van der Waals surface area (Å²) in [5.41, 5.74) is 1.21. The minimum atomic E-state index is -0.285. The van der Waals surface area contributed by atoms with Crippen LogP contribution in [-0.4, -0.2) is 47.3 Å². The van der Waals surface area contributed by atoms with E-state index in [0.717, 1.165) is 19.6 Å². The zero-order chi connectivity index (χ0) is 12.8. The van der Waals surface area contributed by atoms with Crippen molar-refractivity contribution in [3.63, 3.8) is 0 Å². The molecule has 100 valence electrons. The van der Waals surface area contributed by atoms with Gasteiger partial charge in [0.25, 0.3) is 0 Å². The lowest BCUT2D eigenvalue weighted by molar-refractivity contribution is 0.121. The Kier molecular flexibility index (Phi) is 5.11. The van der Waals surface area contributed by atoms with Crippen molar-refractivity contribution in [3.8, 4) is 0 Å². The molecule has 1 aromatic heterocycles. The molecule has 4 heteroatoms. The lowest BCUT2D eigenvalue weighted by atomic mass is 10.1. The topological polar surface area (TPSA) is 48.4 Å². The molecule has 2 atom stereocenters. The first-order chi connectivity index (χ1) is 8.75. The van der Waals surface area contributed by atoms with Crippen LogP contribution in [0.1, 0.15) is 31.4 Å². The molecule has 1 saturated heterocycles. The zero-order valence-corrected chi connectivity index (χ0v) is 11.0. The van der Waals surface area contributed by atoms with Crippen LogP contribution in [-0.2, 0) is 0 Å². The summed E-state index contributed by atoms with van der Waals surface area (Å²) in [7, 11) is 0. The highest BCUT2D eigenvalue weighted by Crippen LogP contribution is 2.11. The van der Waals surface area contributed by atoms with Crippen molar-refractivity contribution in [1.82, 2.24) is 15.2 Å². The number of rotatable bonds is 6. The molecule has 4 nitrogen and oxygen atoms in total. The average molecular weight is 249 g/mol. The molecule has 1 aliphatic rings. The number of likely N-dealkylation sites (tertiary alicyclic amines) is 1. The van der Waals surface area contributed by atoms with Crippen LogP contribution >= 0.6 is 0 Å². The van der Waals surface area contributed by atoms with Gasteiger partial charge in [0.15, 0.2) is 0 Å². The van der Waals surface area contributed by atoms with E-state index in [1.54, 1.807) is 12.4 Å². The van der Waals surface area contributed by atoms with Gasteiger partial charge in [0.05, 0.1) is 6.10 Å². The Labute approximate surface area is 109 Å². The molecule has 2 rings (SSSR count). The molecule has 2 heterocycles. The fraction of sp³-hybridized carbons (Fsp3) is 0.643. The van der Waals surface area contributed by atoms with Gasteiger partial charge in [-0.05, 0) is 50.6 Å². The highest BCUT2D eigenvalue weighted by atomic mass is 16.3. The number of nitrogens with zero attached hydrogens (tertiary/aromatic N) is 2. The number of hydrogen-bond donors (Lipinski definition) is 2. The molecule has 0 bridgehead atoms. The van der Waals surface area contributed by atoms with Crippen LogP contribution < -0.4 is 5.32 Å². The quantitative estimate of drug-likeness (QED) is 0.795. The first-order valence-corrected chi connectivity index (χ1v) is 6.79. The molecule has 0 spiro atoms. The Morgan fingerprint density at radius 1 is 1.33 bits per heavy atom. The van der Waals surface area contributed by atoms with Crippen molar-refractivity contribution < 1.29 is 5.11 Å². The molecular weight excluding hydrogens is 226 g/mol. The molecular formula is C14H23N3O. The second-order valence-electron chi connectivity index (χ2n) is 5.07. The lowest BCUT2D eigenvalue weighted by Crippen LogP contribution is -2.37. The number of hydrogen-bond acceptors (Lipinski definition) is 4. The van der Waals surface area contributed by atoms with Crippen molar-refractivity contribution in [2.24, 2.45) is 0 Å². The molecule has 1 unspecified atom stereocenters.